The van der Waals surface area contributed by atoms with Gasteiger partial charge < -0.3 is 70.0 Å². The van der Waals surface area contributed by atoms with Crippen LogP contribution in [0.5, 0.6) is 23.0 Å². The van der Waals surface area contributed by atoms with Gasteiger partial charge in [-0.05, 0) is 29.8 Å². The molecular formula is C26H32O14. The van der Waals surface area contributed by atoms with Gasteiger partial charge >= 0.3 is 0 Å². The zero-order chi connectivity index (χ0) is 29.1. The van der Waals surface area contributed by atoms with Gasteiger partial charge in [-0.25, -0.2) is 0 Å². The molecule has 2 aromatic carbocycles. The average molecular weight is 569 g/mol. The lowest BCUT2D eigenvalue weighted by molar-refractivity contribution is -0.277. The normalized spacial score (nSPS) is 34.6. The van der Waals surface area contributed by atoms with Crippen molar-refractivity contribution >= 4 is 12.2 Å². The molecule has 10 N–H and O–H groups in total. The fraction of sp³-hybridized carbons (Fsp3) is 0.462. The molecular weight excluding hydrogens is 536 g/mol. The van der Waals surface area contributed by atoms with Crippen LogP contribution in [0.3, 0.4) is 0 Å². The summed E-state index contributed by atoms with van der Waals surface area (Å²) in [7, 11) is 0. The predicted molar refractivity (Wildman–Crippen MR) is 134 cm³/mol. The molecule has 2 saturated heterocycles. The highest BCUT2D eigenvalue weighted by atomic mass is 16.7. The van der Waals surface area contributed by atoms with E-state index >= 15 is 0 Å². The Labute approximate surface area is 227 Å². The van der Waals surface area contributed by atoms with Crippen LogP contribution in [-0.4, -0.2) is 126 Å². The molecule has 0 aromatic heterocycles. The van der Waals surface area contributed by atoms with Crippen molar-refractivity contribution in [3.63, 3.8) is 0 Å². The molecule has 10 atom stereocenters. The minimum absolute atomic E-state index is 0.0384. The van der Waals surface area contributed by atoms with Crippen LogP contribution < -0.4 is 9.47 Å². The molecule has 0 aliphatic carbocycles. The molecule has 4 rings (SSSR count). The second-order valence-corrected chi connectivity index (χ2v) is 9.44. The smallest absolute Gasteiger partial charge is 0.229 e. The van der Waals surface area contributed by atoms with Gasteiger partial charge in [-0.2, -0.15) is 0 Å². The van der Waals surface area contributed by atoms with E-state index in [9.17, 15) is 51.1 Å². The van der Waals surface area contributed by atoms with Gasteiger partial charge in [-0.1, -0.05) is 12.2 Å². The fourth-order valence-corrected chi connectivity index (χ4v) is 4.29. The SMILES string of the molecule is OC[C@@H]1O[C@@H](Oc2ccc(/C=C/c3cc(O)cc(O[C@H]4O[C@@H](CO)[C@@H](O)[C@@H](O)[C@H]4O)c3)c(O)c2)[C@H](O)[C@H](O)[C@@H]1O. The van der Waals surface area contributed by atoms with Crippen molar-refractivity contribution in [3.05, 3.63) is 47.5 Å². The summed E-state index contributed by atoms with van der Waals surface area (Å²) in [5.74, 6) is -0.353. The third kappa shape index (κ3) is 6.47. The van der Waals surface area contributed by atoms with Gasteiger partial charge in [0.15, 0.2) is 0 Å². The van der Waals surface area contributed by atoms with Crippen LogP contribution in [0.15, 0.2) is 36.4 Å². The van der Waals surface area contributed by atoms with Gasteiger partial charge in [0.2, 0.25) is 12.6 Å². The second kappa shape index (κ2) is 12.7. The van der Waals surface area contributed by atoms with E-state index in [0.717, 1.165) is 0 Å². The largest absolute Gasteiger partial charge is 0.508 e. The number of phenolic OH excluding ortho intramolecular Hbond substituents is 2. The van der Waals surface area contributed by atoms with Gasteiger partial charge in [0.1, 0.15) is 71.8 Å². The van der Waals surface area contributed by atoms with Crippen molar-refractivity contribution in [1.29, 1.82) is 0 Å². The molecule has 2 fully saturated rings. The number of benzene rings is 2. The van der Waals surface area contributed by atoms with Crippen LogP contribution in [0.4, 0.5) is 0 Å². The van der Waals surface area contributed by atoms with Crippen LogP contribution in [0.25, 0.3) is 12.2 Å². The average Bonchev–Trinajstić information content (AvgIpc) is 2.93. The molecule has 0 amide bonds. The van der Waals surface area contributed by atoms with E-state index in [-0.39, 0.29) is 23.0 Å². The van der Waals surface area contributed by atoms with Crippen molar-refractivity contribution in [2.75, 3.05) is 13.2 Å². The van der Waals surface area contributed by atoms with Crippen LogP contribution >= 0.6 is 0 Å². The lowest BCUT2D eigenvalue weighted by Gasteiger charge is -2.39. The van der Waals surface area contributed by atoms with Crippen molar-refractivity contribution in [2.24, 2.45) is 0 Å². The molecule has 40 heavy (non-hydrogen) atoms. The maximum atomic E-state index is 10.5. The summed E-state index contributed by atoms with van der Waals surface area (Å²) in [5.41, 5.74) is 0.724. The second-order valence-electron chi connectivity index (χ2n) is 9.44. The van der Waals surface area contributed by atoms with Crippen LogP contribution in [0.2, 0.25) is 0 Å². The lowest BCUT2D eigenvalue weighted by atomic mass is 9.99. The molecule has 14 heteroatoms. The molecule has 0 unspecified atom stereocenters. The van der Waals surface area contributed by atoms with Crippen LogP contribution in [0, 0.1) is 0 Å². The fourth-order valence-electron chi connectivity index (χ4n) is 4.29. The number of hydrogen-bond donors (Lipinski definition) is 10. The van der Waals surface area contributed by atoms with Gasteiger partial charge in [-0.3, -0.25) is 0 Å². The first kappa shape index (κ1) is 30.0. The Morgan fingerprint density at radius 1 is 0.625 bits per heavy atom. The topological polar surface area (TPSA) is 239 Å². The minimum atomic E-state index is -1.64. The van der Waals surface area contributed by atoms with Crippen molar-refractivity contribution in [2.45, 2.75) is 61.4 Å². The number of aromatic hydroxyl groups is 2. The summed E-state index contributed by atoms with van der Waals surface area (Å²) in [6.45, 7) is -1.25. The zero-order valence-corrected chi connectivity index (χ0v) is 20.9. The zero-order valence-electron chi connectivity index (χ0n) is 20.9. The lowest BCUT2D eigenvalue weighted by Crippen LogP contribution is -2.60. The third-order valence-corrected chi connectivity index (χ3v) is 6.57. The van der Waals surface area contributed by atoms with E-state index in [1.165, 1.54) is 48.6 Å². The quantitative estimate of drug-likeness (QED) is 0.150. The maximum absolute atomic E-state index is 10.5. The first-order chi connectivity index (χ1) is 19.0. The third-order valence-electron chi connectivity index (χ3n) is 6.57. The molecule has 0 bridgehead atoms. The molecule has 14 nitrogen and oxygen atoms in total. The first-order valence-electron chi connectivity index (χ1n) is 12.3. The molecule has 2 heterocycles. The molecule has 0 spiro atoms. The van der Waals surface area contributed by atoms with Gasteiger partial charge in [-0.15, -0.1) is 0 Å². The summed E-state index contributed by atoms with van der Waals surface area (Å²) in [4.78, 5) is 0. The number of phenols is 2. The molecule has 2 aliphatic rings. The highest BCUT2D eigenvalue weighted by Crippen LogP contribution is 2.31. The Hall–Kier alpha value is -3.02. The summed E-state index contributed by atoms with van der Waals surface area (Å²) < 4.78 is 21.6. The molecule has 0 radical (unpaired) electrons. The van der Waals surface area contributed by atoms with Crippen molar-refractivity contribution < 1.29 is 70.0 Å². The number of aliphatic hydroxyl groups is 8. The maximum Gasteiger partial charge on any atom is 0.229 e. The van der Waals surface area contributed by atoms with Crippen LogP contribution in [-0.2, 0) is 9.47 Å². The van der Waals surface area contributed by atoms with Crippen molar-refractivity contribution in [1.82, 2.24) is 0 Å². The van der Waals surface area contributed by atoms with E-state index in [1.54, 1.807) is 0 Å². The Morgan fingerprint density at radius 2 is 1.18 bits per heavy atom. The summed E-state index contributed by atoms with van der Waals surface area (Å²) in [5, 5.41) is 99.2. The minimum Gasteiger partial charge on any atom is -0.508 e. The first-order valence-corrected chi connectivity index (χ1v) is 12.3. The van der Waals surface area contributed by atoms with Gasteiger partial charge in [0, 0.05) is 17.7 Å². The Kier molecular flexibility index (Phi) is 9.48. The van der Waals surface area contributed by atoms with E-state index < -0.39 is 74.6 Å². The van der Waals surface area contributed by atoms with Gasteiger partial charge in [0.25, 0.3) is 0 Å². The standard InChI is InChI=1S/C26H32O14/c27-9-17-19(31)21(33)23(35)25(39-17)37-14-4-3-12(16(30)8-14)2-1-11-5-13(29)7-15(6-11)38-26-24(36)22(34)20(32)18(10-28)40-26/h1-8,17-36H,9-10H2/b2-1+/t17-,18-,19+,20+,21+,22+,23+,24+,25+,26-/m0/s1. The summed E-state index contributed by atoms with van der Waals surface area (Å²) in [6, 6.07) is 8.20. The van der Waals surface area contributed by atoms with Gasteiger partial charge in [0.05, 0.1) is 13.2 Å². The number of rotatable bonds is 8. The molecule has 2 aromatic rings. The number of hydrogen-bond acceptors (Lipinski definition) is 14. The number of ether oxygens (including phenoxy) is 4. The van der Waals surface area contributed by atoms with E-state index in [4.69, 9.17) is 18.9 Å². The van der Waals surface area contributed by atoms with Crippen LogP contribution in [0.1, 0.15) is 11.1 Å². The highest BCUT2D eigenvalue weighted by molar-refractivity contribution is 5.74. The van der Waals surface area contributed by atoms with E-state index in [0.29, 0.717) is 11.1 Å². The molecule has 2 aliphatic heterocycles. The summed E-state index contributed by atoms with van der Waals surface area (Å²) in [6.07, 6.45) is -11.8. The predicted octanol–water partition coefficient (Wildman–Crippen LogP) is -2.37. The Bertz CT molecular complexity index is 1170. The summed E-state index contributed by atoms with van der Waals surface area (Å²) >= 11 is 0. The highest BCUT2D eigenvalue weighted by Gasteiger charge is 2.45. The van der Waals surface area contributed by atoms with E-state index in [1.807, 2.05) is 0 Å². The van der Waals surface area contributed by atoms with Crippen molar-refractivity contribution in [3.8, 4) is 23.0 Å². The van der Waals surface area contributed by atoms with E-state index in [2.05, 4.69) is 0 Å². The molecule has 220 valence electrons. The monoisotopic (exact) mass is 568 g/mol. The molecule has 0 saturated carbocycles. The Morgan fingerprint density at radius 3 is 1.70 bits per heavy atom. The Balaban J connectivity index is 1.45. The number of aliphatic hydroxyl groups excluding tert-OH is 8.